The van der Waals surface area contributed by atoms with Gasteiger partial charge in [0, 0.05) is 6.61 Å². The van der Waals surface area contributed by atoms with Crippen LogP contribution in [0.5, 0.6) is 0 Å². The Morgan fingerprint density at radius 2 is 1.88 bits per heavy atom. The molecule has 2 rings (SSSR count). The number of hydrogen-bond donors (Lipinski definition) is 1. The zero-order chi connectivity index (χ0) is 16.8. The number of carbonyl (C=O) groups excluding carboxylic acids is 1. The van der Waals surface area contributed by atoms with Crippen molar-refractivity contribution in [3.05, 3.63) is 57.6 Å². The van der Waals surface area contributed by atoms with E-state index < -0.39 is 5.97 Å². The van der Waals surface area contributed by atoms with Crippen molar-refractivity contribution in [2.75, 3.05) is 18.7 Å². The lowest BCUT2D eigenvalue weighted by molar-refractivity contribution is -0.0273. The van der Waals surface area contributed by atoms with E-state index in [1.54, 1.807) is 30.3 Å². The van der Waals surface area contributed by atoms with Gasteiger partial charge in [0.1, 0.15) is 0 Å². The fourth-order valence-electron chi connectivity index (χ4n) is 1.93. The van der Waals surface area contributed by atoms with Gasteiger partial charge in [-0.25, -0.2) is 4.79 Å². The van der Waals surface area contributed by atoms with E-state index in [1.807, 2.05) is 19.9 Å². The zero-order valence-corrected chi connectivity index (χ0v) is 16.5. The summed E-state index contributed by atoms with van der Waals surface area (Å²) in [6.07, 6.45) is 0. The molecule has 0 saturated heterocycles. The van der Waals surface area contributed by atoms with Crippen LogP contribution in [0.4, 0.5) is 11.4 Å². The Morgan fingerprint density at radius 1 is 1.17 bits per heavy atom. The van der Waals surface area contributed by atoms with Gasteiger partial charge in [-0.15, -0.1) is 17.0 Å². The van der Waals surface area contributed by atoms with Gasteiger partial charge in [-0.1, -0.05) is 41.4 Å². The molecule has 0 aliphatic rings. The van der Waals surface area contributed by atoms with E-state index in [1.165, 1.54) is 0 Å². The second kappa shape index (κ2) is 9.89. The molecule has 0 fully saturated rings. The lowest BCUT2D eigenvalue weighted by Gasteiger charge is -2.15. The Labute approximate surface area is 161 Å². The number of halogens is 3. The number of rotatable bonds is 6. The van der Waals surface area contributed by atoms with Gasteiger partial charge in [0.2, 0.25) is 0 Å². The molecule has 0 spiro atoms. The van der Waals surface area contributed by atoms with Crippen LogP contribution < -0.4 is 5.32 Å². The number of ether oxygens (including phenoxy) is 2. The number of anilines is 2. The number of hydrogen-bond acceptors (Lipinski definition) is 4. The van der Waals surface area contributed by atoms with E-state index in [0.717, 1.165) is 5.56 Å². The highest BCUT2D eigenvalue weighted by atomic mass is 79.9. The van der Waals surface area contributed by atoms with Gasteiger partial charge >= 0.3 is 5.97 Å². The van der Waals surface area contributed by atoms with Gasteiger partial charge in [0.05, 0.1) is 27.0 Å². The minimum absolute atomic E-state index is 0. The molecule has 2 aromatic rings. The predicted molar refractivity (Wildman–Crippen MR) is 103 cm³/mol. The highest BCUT2D eigenvalue weighted by molar-refractivity contribution is 8.93. The summed E-state index contributed by atoms with van der Waals surface area (Å²) in [5.74, 6) is -0.485. The van der Waals surface area contributed by atoms with Crippen LogP contribution in [0.15, 0.2) is 36.4 Å². The minimum atomic E-state index is -0.485. The summed E-state index contributed by atoms with van der Waals surface area (Å²) in [6.45, 7) is 4.09. The molecule has 0 aliphatic carbocycles. The highest BCUT2D eigenvalue weighted by Crippen LogP contribution is 2.36. The van der Waals surface area contributed by atoms with Gasteiger partial charge in [0.15, 0.2) is 6.79 Å². The van der Waals surface area contributed by atoms with Crippen LogP contribution in [0.1, 0.15) is 22.8 Å². The van der Waals surface area contributed by atoms with Gasteiger partial charge in [0.25, 0.3) is 0 Å². The normalized spacial score (nSPS) is 10.0. The Morgan fingerprint density at radius 3 is 2.58 bits per heavy atom. The van der Waals surface area contributed by atoms with Gasteiger partial charge in [-0.2, -0.15) is 0 Å². The number of carbonyl (C=O) groups is 1. The molecular formula is C17H18BrCl2NO3. The van der Waals surface area contributed by atoms with Crippen molar-refractivity contribution < 1.29 is 14.3 Å². The van der Waals surface area contributed by atoms with Crippen molar-refractivity contribution >= 4 is 57.5 Å². The molecule has 2 aromatic carbocycles. The molecule has 0 bridgehead atoms. The number of nitrogens with one attached hydrogen (secondary N) is 1. The molecule has 0 amide bonds. The van der Waals surface area contributed by atoms with E-state index in [2.05, 4.69) is 5.32 Å². The summed E-state index contributed by atoms with van der Waals surface area (Å²) < 4.78 is 10.1. The van der Waals surface area contributed by atoms with Crippen LogP contribution >= 0.6 is 40.2 Å². The van der Waals surface area contributed by atoms with Crippen LogP contribution in [0.25, 0.3) is 0 Å². The molecule has 24 heavy (non-hydrogen) atoms. The van der Waals surface area contributed by atoms with Crippen LogP contribution in [-0.4, -0.2) is 19.4 Å². The molecule has 0 radical (unpaired) electrons. The summed E-state index contributed by atoms with van der Waals surface area (Å²) >= 11 is 12.5. The SMILES string of the molecule is Br.CCOCOC(=O)c1ccccc1Nc1c(Cl)ccc(C)c1Cl. The number of benzene rings is 2. The van der Waals surface area contributed by atoms with Crippen molar-refractivity contribution in [3.8, 4) is 0 Å². The van der Waals surface area contributed by atoms with Gasteiger partial charge in [-0.3, -0.25) is 0 Å². The molecule has 0 aromatic heterocycles. The number of para-hydroxylation sites is 1. The third-order valence-electron chi connectivity index (χ3n) is 3.17. The van der Waals surface area contributed by atoms with Crippen LogP contribution in [0, 0.1) is 6.92 Å². The molecule has 7 heteroatoms. The molecule has 0 atom stereocenters. The summed E-state index contributed by atoms with van der Waals surface area (Å²) in [5.41, 5.74) is 2.37. The van der Waals surface area contributed by atoms with Gasteiger partial charge < -0.3 is 14.8 Å². The first kappa shape index (κ1) is 20.8. The standard InChI is InChI=1S/C17H17Cl2NO3.BrH/c1-3-22-10-23-17(21)12-6-4-5-7-14(12)20-16-13(18)9-8-11(2)15(16)19;/h4-9,20H,3,10H2,1-2H3;1H. The zero-order valence-electron chi connectivity index (χ0n) is 13.3. The van der Waals surface area contributed by atoms with Crippen molar-refractivity contribution in [2.24, 2.45) is 0 Å². The van der Waals surface area contributed by atoms with E-state index in [9.17, 15) is 4.79 Å². The maximum atomic E-state index is 12.2. The molecule has 0 aliphatic heterocycles. The van der Waals surface area contributed by atoms with Gasteiger partial charge in [-0.05, 0) is 37.6 Å². The predicted octanol–water partition coefficient (Wildman–Crippen LogP) is 5.77. The first-order valence-electron chi connectivity index (χ1n) is 7.10. The molecular weight excluding hydrogens is 417 g/mol. The fourth-order valence-corrected chi connectivity index (χ4v) is 2.40. The second-order valence-electron chi connectivity index (χ2n) is 4.77. The Balaban J connectivity index is 0.00000288. The maximum Gasteiger partial charge on any atom is 0.342 e. The third kappa shape index (κ3) is 5.11. The molecule has 4 nitrogen and oxygen atoms in total. The fraction of sp³-hybridized carbons (Fsp3) is 0.235. The van der Waals surface area contributed by atoms with Crippen LogP contribution in [-0.2, 0) is 9.47 Å². The first-order valence-corrected chi connectivity index (χ1v) is 7.85. The topological polar surface area (TPSA) is 47.6 Å². The molecule has 0 heterocycles. The van der Waals surface area contributed by atoms with E-state index in [0.29, 0.717) is 33.6 Å². The monoisotopic (exact) mass is 433 g/mol. The van der Waals surface area contributed by atoms with Crippen molar-refractivity contribution in [3.63, 3.8) is 0 Å². The summed E-state index contributed by atoms with van der Waals surface area (Å²) in [6, 6.07) is 10.6. The summed E-state index contributed by atoms with van der Waals surface area (Å²) in [4.78, 5) is 12.2. The maximum absolute atomic E-state index is 12.2. The van der Waals surface area contributed by atoms with E-state index in [-0.39, 0.29) is 23.8 Å². The number of aryl methyl sites for hydroxylation is 1. The molecule has 0 saturated carbocycles. The lowest BCUT2D eigenvalue weighted by Crippen LogP contribution is -2.11. The van der Waals surface area contributed by atoms with Crippen molar-refractivity contribution in [1.29, 1.82) is 0 Å². The number of esters is 1. The molecule has 0 unspecified atom stereocenters. The average Bonchev–Trinajstić information content (AvgIpc) is 2.55. The molecule has 1 N–H and O–H groups in total. The lowest BCUT2D eigenvalue weighted by atomic mass is 10.1. The first-order chi connectivity index (χ1) is 11.0. The third-order valence-corrected chi connectivity index (χ3v) is 3.97. The largest absolute Gasteiger partial charge is 0.435 e. The Bertz CT molecular complexity index is 710. The minimum Gasteiger partial charge on any atom is -0.435 e. The van der Waals surface area contributed by atoms with Crippen molar-refractivity contribution in [1.82, 2.24) is 0 Å². The van der Waals surface area contributed by atoms with E-state index >= 15 is 0 Å². The second-order valence-corrected chi connectivity index (χ2v) is 5.55. The quantitative estimate of drug-likeness (QED) is 0.356. The summed E-state index contributed by atoms with van der Waals surface area (Å²) in [7, 11) is 0. The molecule has 130 valence electrons. The van der Waals surface area contributed by atoms with Crippen molar-refractivity contribution in [2.45, 2.75) is 13.8 Å². The van der Waals surface area contributed by atoms with Crippen LogP contribution in [0.3, 0.4) is 0 Å². The summed E-state index contributed by atoms with van der Waals surface area (Å²) in [5, 5.41) is 4.10. The Kier molecular flexibility index (Phi) is 8.56. The average molecular weight is 435 g/mol. The van der Waals surface area contributed by atoms with Crippen LogP contribution in [0.2, 0.25) is 10.0 Å². The Hall–Kier alpha value is -1.27. The highest BCUT2D eigenvalue weighted by Gasteiger charge is 2.15. The smallest absolute Gasteiger partial charge is 0.342 e. The van der Waals surface area contributed by atoms with E-state index in [4.69, 9.17) is 32.7 Å².